The van der Waals surface area contributed by atoms with E-state index in [0.29, 0.717) is 5.56 Å². The van der Waals surface area contributed by atoms with E-state index in [2.05, 4.69) is 144 Å². The molecule has 1 heterocycles. The normalized spacial score (nSPS) is 10.6. The third-order valence-electron chi connectivity index (χ3n) is 10.5. The van der Waals surface area contributed by atoms with Crippen LogP contribution in [0.4, 0.5) is 0 Å². The molecule has 6 aromatic carbocycles. The number of aryl methyl sites for hydroxylation is 2. The summed E-state index contributed by atoms with van der Waals surface area (Å²) in [4.78, 5) is 21.7. The van der Waals surface area contributed by atoms with Gasteiger partial charge in [-0.25, -0.2) is 9.97 Å². The molecule has 0 fully saturated rings. The number of allylic oxidation sites excluding steroid dienone is 1. The topological polar surface area (TPSA) is 92.7 Å². The summed E-state index contributed by atoms with van der Waals surface area (Å²) in [7, 11) is 0. The van der Waals surface area contributed by atoms with Crippen molar-refractivity contribution >= 4 is 93.8 Å². The average molecular weight is 1160 g/mol. The van der Waals surface area contributed by atoms with E-state index in [1.165, 1.54) is 62.5 Å². The summed E-state index contributed by atoms with van der Waals surface area (Å²) in [5.41, 5.74) is 15.6. The Morgan fingerprint density at radius 2 is 0.894 bits per heavy atom. The molecule has 0 saturated heterocycles. The fourth-order valence-corrected chi connectivity index (χ4v) is 7.81. The molecule has 0 spiro atoms. The number of carbonyl (C=O) groups is 1. The van der Waals surface area contributed by atoms with Gasteiger partial charge >= 0.3 is 0 Å². The molecule has 0 radical (unpaired) electrons. The molecule has 66 heavy (non-hydrogen) atoms. The van der Waals surface area contributed by atoms with Gasteiger partial charge in [-0.15, -0.1) is 12.4 Å². The summed E-state index contributed by atoms with van der Waals surface area (Å²) in [5.74, 6) is 0.902. The number of unbranched alkanes of at least 4 members (excludes halogenated alkanes) is 6. The Morgan fingerprint density at radius 1 is 0.515 bits per heavy atom. The summed E-state index contributed by atoms with van der Waals surface area (Å²) in [6.07, 6.45) is 16.0. The summed E-state index contributed by atoms with van der Waals surface area (Å²) >= 11 is 13.8. The van der Waals surface area contributed by atoms with Gasteiger partial charge in [-0.05, 0) is 115 Å². The Morgan fingerprint density at radius 3 is 1.32 bits per heavy atom. The summed E-state index contributed by atoms with van der Waals surface area (Å²) in [6.45, 7) is 4.47. The monoisotopic (exact) mass is 1150 g/mol. The lowest BCUT2D eigenvalue weighted by molar-refractivity contribution is 0.104. The largest absolute Gasteiger partial charge is 0.384 e. The zero-order valence-corrected chi connectivity index (χ0v) is 44.6. The van der Waals surface area contributed by atoms with Crippen LogP contribution in [0.2, 0.25) is 0 Å². The Bertz CT molecular complexity index is 2500. The van der Waals surface area contributed by atoms with Crippen LogP contribution in [-0.2, 0) is 12.8 Å². The van der Waals surface area contributed by atoms with E-state index in [4.69, 9.17) is 21.1 Å². The van der Waals surface area contributed by atoms with Gasteiger partial charge in [-0.2, -0.15) is 0 Å². The van der Waals surface area contributed by atoms with E-state index in [1.54, 1.807) is 18.2 Å². The minimum atomic E-state index is 0. The second kappa shape index (κ2) is 29.3. The molecule has 0 aliphatic carbocycles. The number of halogens is 5. The van der Waals surface area contributed by atoms with Crippen molar-refractivity contribution in [2.24, 2.45) is 5.73 Å². The first kappa shape index (κ1) is 54.1. The first-order valence-corrected chi connectivity index (χ1v) is 25.4. The lowest BCUT2D eigenvalue weighted by atomic mass is 10.0. The Hall–Kier alpha value is -4.51. The van der Waals surface area contributed by atoms with Crippen LogP contribution < -0.4 is 5.73 Å². The number of benzene rings is 6. The number of carbonyl (C=O) groups excluding carboxylic acids is 1. The molecule has 5 nitrogen and oxygen atoms in total. The molecule has 0 aliphatic heterocycles. The predicted molar refractivity (Wildman–Crippen MR) is 296 cm³/mol. The van der Waals surface area contributed by atoms with Crippen molar-refractivity contribution in [2.75, 3.05) is 0 Å². The molecule has 0 amide bonds. The fourth-order valence-electron chi connectivity index (χ4n) is 6.75. The lowest BCUT2D eigenvalue weighted by Crippen LogP contribution is -2.10. The van der Waals surface area contributed by atoms with Gasteiger partial charge in [0.1, 0.15) is 5.84 Å². The number of nitrogens with two attached hydrogens (primary N) is 1. The minimum absolute atomic E-state index is 0. The van der Waals surface area contributed by atoms with Gasteiger partial charge in [-0.1, -0.05) is 207 Å². The minimum Gasteiger partial charge on any atom is -0.384 e. The molecular weight excluding hydrogens is 1100 g/mol. The van der Waals surface area contributed by atoms with Crippen LogP contribution in [0.1, 0.15) is 97.8 Å². The molecule has 0 unspecified atom stereocenters. The number of aromatic nitrogens is 2. The van der Waals surface area contributed by atoms with Gasteiger partial charge in [0.05, 0.1) is 11.4 Å². The van der Waals surface area contributed by atoms with Gasteiger partial charge in [0.2, 0.25) is 0 Å². The highest BCUT2D eigenvalue weighted by Crippen LogP contribution is 2.29. The third kappa shape index (κ3) is 18.6. The van der Waals surface area contributed by atoms with Gasteiger partial charge < -0.3 is 5.73 Å². The number of nitrogen functional groups attached to an aromatic ring is 1. The molecule has 1 aromatic heterocycles. The van der Waals surface area contributed by atoms with Crippen LogP contribution >= 0.6 is 76.1 Å². The van der Waals surface area contributed by atoms with E-state index in [-0.39, 0.29) is 24.0 Å². The quantitative estimate of drug-likeness (QED) is 0.0312. The van der Waals surface area contributed by atoms with Gasteiger partial charge in [-0.3, -0.25) is 10.2 Å². The zero-order chi connectivity index (χ0) is 46.4. The molecular formula is C56H57Br4ClN4O. The molecule has 0 saturated carbocycles. The predicted octanol–water partition coefficient (Wildman–Crippen LogP) is 17.7. The van der Waals surface area contributed by atoms with Gasteiger partial charge in [0.25, 0.3) is 0 Å². The standard InChI is InChI=1S/C28H26Br2N2.C15H10Br2O.C13H20N2.ClH/c1-2-3-4-5-6-20-7-9-23(10-8-20)28-31-26(21-11-15-24(29)16-12-21)19-27(32-28)22-13-17-25(30)18-14-22;16-13-6-1-11(2-7-13)3-10-15(18)12-4-8-14(17)9-5-12;1-2-3-4-5-6-11-7-9-12(10-8-11)13(14)15;/h7-19H,2-6H2,1H3;1-10H;7-10H,2-6H2,1H3,(H3,14,15);1H/b;10-3+;;. The summed E-state index contributed by atoms with van der Waals surface area (Å²) in [5, 5.41) is 7.28. The Labute approximate surface area is 431 Å². The van der Waals surface area contributed by atoms with Crippen molar-refractivity contribution in [1.82, 2.24) is 9.97 Å². The van der Waals surface area contributed by atoms with Crippen molar-refractivity contribution in [2.45, 2.75) is 78.1 Å². The number of ketones is 1. The first-order valence-electron chi connectivity index (χ1n) is 22.2. The number of hydrogen-bond acceptors (Lipinski definition) is 4. The van der Waals surface area contributed by atoms with Crippen LogP contribution in [0.25, 0.3) is 40.0 Å². The van der Waals surface area contributed by atoms with Crippen molar-refractivity contribution in [3.05, 3.63) is 203 Å². The van der Waals surface area contributed by atoms with Crippen LogP contribution in [0, 0.1) is 5.41 Å². The third-order valence-corrected chi connectivity index (χ3v) is 12.7. The molecule has 3 N–H and O–H groups in total. The average Bonchev–Trinajstić information content (AvgIpc) is 3.33. The summed E-state index contributed by atoms with van der Waals surface area (Å²) < 4.78 is 4.10. The lowest BCUT2D eigenvalue weighted by Gasteiger charge is -2.10. The summed E-state index contributed by atoms with van der Waals surface area (Å²) in [6, 6.07) is 50.5. The maximum absolute atomic E-state index is 11.9. The number of nitrogens with one attached hydrogen (secondary N) is 1. The van der Waals surface area contributed by atoms with Crippen molar-refractivity contribution < 1.29 is 4.79 Å². The highest BCUT2D eigenvalue weighted by atomic mass is 79.9. The van der Waals surface area contributed by atoms with Crippen LogP contribution in [0.3, 0.4) is 0 Å². The maximum Gasteiger partial charge on any atom is 0.185 e. The maximum atomic E-state index is 11.9. The smallest absolute Gasteiger partial charge is 0.185 e. The molecule has 0 atom stereocenters. The SMILES string of the molecule is CCCCCCc1ccc(-c2nc(-c3ccc(Br)cc3)cc(-c3ccc(Br)cc3)n2)cc1.CCCCCCc1ccc(C(=N)N)cc1.Cl.O=C(/C=C/c1ccc(Br)cc1)c1ccc(Br)cc1. The first-order chi connectivity index (χ1) is 31.5. The Balaban J connectivity index is 0.000000237. The molecule has 0 bridgehead atoms. The van der Waals surface area contributed by atoms with Crippen molar-refractivity contribution in [3.63, 3.8) is 0 Å². The second-order valence-electron chi connectivity index (χ2n) is 15.7. The van der Waals surface area contributed by atoms with E-state index >= 15 is 0 Å². The van der Waals surface area contributed by atoms with Crippen LogP contribution in [-0.4, -0.2) is 21.6 Å². The number of amidine groups is 1. The van der Waals surface area contributed by atoms with Gasteiger partial charge in [0.15, 0.2) is 11.6 Å². The van der Waals surface area contributed by atoms with E-state index in [9.17, 15) is 4.79 Å². The molecule has 10 heteroatoms. The highest BCUT2D eigenvalue weighted by Gasteiger charge is 2.11. The highest BCUT2D eigenvalue weighted by molar-refractivity contribution is 9.11. The molecule has 342 valence electrons. The number of nitrogens with zero attached hydrogens (tertiary/aromatic N) is 2. The van der Waals surface area contributed by atoms with E-state index in [0.717, 1.165) is 75.8 Å². The van der Waals surface area contributed by atoms with E-state index in [1.807, 2.05) is 78.9 Å². The van der Waals surface area contributed by atoms with Gasteiger partial charge in [0, 0.05) is 45.7 Å². The zero-order valence-electron chi connectivity index (χ0n) is 37.5. The van der Waals surface area contributed by atoms with E-state index < -0.39 is 0 Å². The fraction of sp³-hybridized carbons (Fsp3) is 0.214. The molecule has 7 aromatic rings. The number of hydrogen-bond donors (Lipinski definition) is 2. The van der Waals surface area contributed by atoms with Crippen LogP contribution in [0.5, 0.6) is 0 Å². The Kier molecular flexibility index (Phi) is 24.0. The van der Waals surface area contributed by atoms with Crippen molar-refractivity contribution in [3.8, 4) is 33.9 Å². The second-order valence-corrected chi connectivity index (χ2v) is 19.3. The molecule has 7 rings (SSSR count). The molecule has 0 aliphatic rings. The van der Waals surface area contributed by atoms with Crippen LogP contribution in [0.15, 0.2) is 176 Å². The van der Waals surface area contributed by atoms with Crippen molar-refractivity contribution in [1.29, 1.82) is 5.41 Å². The number of rotatable bonds is 17.